The second kappa shape index (κ2) is 6.78. The largest absolute Gasteiger partial charge is 0.483 e. The fourth-order valence-electron chi connectivity index (χ4n) is 2.13. The molecule has 4 nitrogen and oxygen atoms in total. The number of ether oxygens (including phenoxy) is 1. The fourth-order valence-corrected chi connectivity index (χ4v) is 2.36. The summed E-state index contributed by atoms with van der Waals surface area (Å²) in [6.45, 7) is 3.78. The number of hydrogen-bond donors (Lipinski definition) is 1. The number of halogens is 1. The van der Waals surface area contributed by atoms with Gasteiger partial charge in [-0.1, -0.05) is 18.0 Å². The minimum absolute atomic E-state index is 0.0268. The molecule has 0 bridgehead atoms. The van der Waals surface area contributed by atoms with Gasteiger partial charge in [0, 0.05) is 18.1 Å². The van der Waals surface area contributed by atoms with Crippen molar-refractivity contribution in [2.75, 3.05) is 19.7 Å². The van der Waals surface area contributed by atoms with Crippen LogP contribution in [0, 0.1) is 6.92 Å². The van der Waals surface area contributed by atoms with Gasteiger partial charge in [-0.15, -0.1) is 0 Å². The van der Waals surface area contributed by atoms with Crippen LogP contribution in [-0.2, 0) is 4.79 Å². The molecule has 0 aromatic heterocycles. The Balaban J connectivity index is 1.79. The summed E-state index contributed by atoms with van der Waals surface area (Å²) in [4.78, 5) is 11.8. The van der Waals surface area contributed by atoms with Crippen LogP contribution in [0.4, 0.5) is 0 Å². The highest BCUT2D eigenvalue weighted by Gasteiger charge is 2.13. The first kappa shape index (κ1) is 14.2. The molecule has 5 heteroatoms. The van der Waals surface area contributed by atoms with Gasteiger partial charge in [0.2, 0.25) is 0 Å². The lowest BCUT2D eigenvalue weighted by Crippen LogP contribution is -2.46. The highest BCUT2D eigenvalue weighted by Crippen LogP contribution is 2.21. The molecule has 2 rings (SSSR count). The highest BCUT2D eigenvalue weighted by atomic mass is 35.5. The van der Waals surface area contributed by atoms with Gasteiger partial charge < -0.3 is 4.74 Å². The molecule has 1 amide bonds. The van der Waals surface area contributed by atoms with Gasteiger partial charge in [0.25, 0.3) is 5.91 Å². The maximum atomic E-state index is 11.8. The number of aryl methyl sites for hydroxylation is 1. The third-order valence-corrected chi connectivity index (χ3v) is 3.37. The first-order valence-corrected chi connectivity index (χ1v) is 6.96. The van der Waals surface area contributed by atoms with Crippen molar-refractivity contribution in [3.63, 3.8) is 0 Å². The predicted molar refractivity (Wildman–Crippen MR) is 75.3 cm³/mol. The number of nitrogens with one attached hydrogen (secondary N) is 1. The fraction of sp³-hybridized carbons (Fsp3) is 0.500. The smallest absolute Gasteiger partial charge is 0.272 e. The van der Waals surface area contributed by atoms with E-state index in [0.717, 1.165) is 31.5 Å². The Bertz CT molecular complexity index is 445. The van der Waals surface area contributed by atoms with Crippen molar-refractivity contribution in [3.05, 3.63) is 28.8 Å². The number of carbonyl (C=O) groups excluding carboxylic acids is 1. The number of hydrazine groups is 1. The van der Waals surface area contributed by atoms with E-state index < -0.39 is 0 Å². The number of rotatable bonds is 4. The second-order valence-corrected chi connectivity index (χ2v) is 5.22. The molecule has 0 saturated carbocycles. The monoisotopic (exact) mass is 282 g/mol. The second-order valence-electron chi connectivity index (χ2n) is 4.78. The van der Waals surface area contributed by atoms with Crippen molar-refractivity contribution in [2.45, 2.75) is 26.2 Å². The van der Waals surface area contributed by atoms with E-state index in [0.29, 0.717) is 10.8 Å². The topological polar surface area (TPSA) is 41.6 Å². The molecule has 1 aliphatic heterocycles. The Hall–Kier alpha value is -1.26. The van der Waals surface area contributed by atoms with Crippen LogP contribution < -0.4 is 10.2 Å². The maximum Gasteiger partial charge on any atom is 0.272 e. The molecule has 104 valence electrons. The van der Waals surface area contributed by atoms with Crippen LogP contribution in [0.1, 0.15) is 24.8 Å². The van der Waals surface area contributed by atoms with Crippen LogP contribution >= 0.6 is 11.6 Å². The number of hydrogen-bond acceptors (Lipinski definition) is 3. The van der Waals surface area contributed by atoms with E-state index in [1.807, 2.05) is 18.0 Å². The molecule has 1 aromatic rings. The van der Waals surface area contributed by atoms with Crippen LogP contribution in [0.3, 0.4) is 0 Å². The zero-order valence-corrected chi connectivity index (χ0v) is 11.9. The molecule has 1 N–H and O–H groups in total. The number of carbonyl (C=O) groups is 1. The molecule has 1 saturated heterocycles. The maximum absolute atomic E-state index is 11.8. The van der Waals surface area contributed by atoms with Crippen LogP contribution in [-0.4, -0.2) is 30.6 Å². The zero-order valence-electron chi connectivity index (χ0n) is 11.1. The van der Waals surface area contributed by atoms with Gasteiger partial charge in [-0.05, 0) is 43.5 Å². The molecule has 1 aliphatic rings. The van der Waals surface area contributed by atoms with Crippen LogP contribution in [0.2, 0.25) is 5.02 Å². The number of benzene rings is 1. The van der Waals surface area contributed by atoms with E-state index >= 15 is 0 Å². The lowest BCUT2D eigenvalue weighted by atomic mass is 10.2. The summed E-state index contributed by atoms with van der Waals surface area (Å²) in [5, 5.41) is 2.63. The van der Waals surface area contributed by atoms with Crippen LogP contribution in [0.25, 0.3) is 0 Å². The van der Waals surface area contributed by atoms with Gasteiger partial charge >= 0.3 is 0 Å². The van der Waals surface area contributed by atoms with E-state index in [2.05, 4.69) is 5.43 Å². The van der Waals surface area contributed by atoms with E-state index in [1.54, 1.807) is 12.1 Å². The van der Waals surface area contributed by atoms with Crippen molar-refractivity contribution >= 4 is 17.5 Å². The van der Waals surface area contributed by atoms with E-state index in [4.69, 9.17) is 16.3 Å². The van der Waals surface area contributed by atoms with Gasteiger partial charge in [0.15, 0.2) is 6.61 Å². The Morgan fingerprint density at radius 2 is 2.11 bits per heavy atom. The molecule has 0 radical (unpaired) electrons. The highest BCUT2D eigenvalue weighted by molar-refractivity contribution is 6.30. The number of nitrogens with zero attached hydrogens (tertiary/aromatic N) is 1. The van der Waals surface area contributed by atoms with Crippen LogP contribution in [0.15, 0.2) is 18.2 Å². The van der Waals surface area contributed by atoms with Crippen molar-refractivity contribution in [2.24, 2.45) is 0 Å². The van der Waals surface area contributed by atoms with E-state index in [9.17, 15) is 4.79 Å². The summed E-state index contributed by atoms with van der Waals surface area (Å²) in [5.74, 6) is 0.578. The Morgan fingerprint density at radius 3 is 2.79 bits per heavy atom. The summed E-state index contributed by atoms with van der Waals surface area (Å²) in [5.41, 5.74) is 3.79. The van der Waals surface area contributed by atoms with E-state index in [1.165, 1.54) is 6.42 Å². The Morgan fingerprint density at radius 1 is 1.37 bits per heavy atom. The summed E-state index contributed by atoms with van der Waals surface area (Å²) in [6.07, 6.45) is 3.52. The molecule has 0 unspecified atom stereocenters. The quantitative estimate of drug-likeness (QED) is 0.923. The summed E-state index contributed by atoms with van der Waals surface area (Å²) in [6, 6.07) is 5.36. The first-order chi connectivity index (χ1) is 9.15. The molecular weight excluding hydrogens is 264 g/mol. The predicted octanol–water partition coefficient (Wildman–Crippen LogP) is 2.54. The summed E-state index contributed by atoms with van der Waals surface area (Å²) < 4.78 is 5.50. The van der Waals surface area contributed by atoms with E-state index in [-0.39, 0.29) is 12.5 Å². The van der Waals surface area contributed by atoms with Gasteiger partial charge in [0.1, 0.15) is 5.75 Å². The molecule has 1 fully saturated rings. The SMILES string of the molecule is Cc1cc(Cl)ccc1OCC(=O)NN1CCCCC1. The lowest BCUT2D eigenvalue weighted by Gasteiger charge is -2.26. The summed E-state index contributed by atoms with van der Waals surface area (Å²) >= 11 is 5.87. The molecule has 19 heavy (non-hydrogen) atoms. The van der Waals surface area contributed by atoms with Crippen molar-refractivity contribution in [1.29, 1.82) is 0 Å². The van der Waals surface area contributed by atoms with Crippen molar-refractivity contribution < 1.29 is 9.53 Å². The Kier molecular flexibility index (Phi) is 5.05. The molecule has 0 spiro atoms. The normalized spacial score (nSPS) is 16.1. The summed E-state index contributed by atoms with van der Waals surface area (Å²) in [7, 11) is 0. The van der Waals surface area contributed by atoms with Gasteiger partial charge in [-0.25, -0.2) is 5.01 Å². The van der Waals surface area contributed by atoms with Gasteiger partial charge in [-0.2, -0.15) is 0 Å². The molecular formula is C14H19ClN2O2. The van der Waals surface area contributed by atoms with Crippen LogP contribution in [0.5, 0.6) is 5.75 Å². The molecule has 0 aliphatic carbocycles. The Labute approximate surface area is 118 Å². The average molecular weight is 283 g/mol. The first-order valence-electron chi connectivity index (χ1n) is 6.58. The van der Waals surface area contributed by atoms with Crippen molar-refractivity contribution in [3.8, 4) is 5.75 Å². The van der Waals surface area contributed by atoms with Crippen molar-refractivity contribution in [1.82, 2.24) is 10.4 Å². The minimum Gasteiger partial charge on any atom is -0.483 e. The third-order valence-electron chi connectivity index (χ3n) is 3.13. The minimum atomic E-state index is -0.115. The number of piperidine rings is 1. The molecule has 1 aromatic carbocycles. The van der Waals surface area contributed by atoms with Gasteiger partial charge in [-0.3, -0.25) is 10.2 Å². The zero-order chi connectivity index (χ0) is 13.7. The molecule has 1 heterocycles. The standard InChI is InChI=1S/C14H19ClN2O2/c1-11-9-12(15)5-6-13(11)19-10-14(18)16-17-7-3-2-4-8-17/h5-6,9H,2-4,7-8,10H2,1H3,(H,16,18). The van der Waals surface area contributed by atoms with Gasteiger partial charge in [0.05, 0.1) is 0 Å². The third kappa shape index (κ3) is 4.40. The molecule has 0 atom stereocenters. The average Bonchev–Trinajstić information content (AvgIpc) is 2.39. The lowest BCUT2D eigenvalue weighted by molar-refractivity contribution is -0.128. The number of amides is 1.